The summed E-state index contributed by atoms with van der Waals surface area (Å²) in [6, 6.07) is 18.4. The normalized spacial score (nSPS) is 11.9. The van der Waals surface area contributed by atoms with E-state index >= 15 is 0 Å². The quantitative estimate of drug-likeness (QED) is 0.547. The van der Waals surface area contributed by atoms with Gasteiger partial charge in [0, 0.05) is 15.9 Å². The number of hydrogen-bond acceptors (Lipinski definition) is 2. The van der Waals surface area contributed by atoms with Gasteiger partial charge in [0.25, 0.3) is 5.91 Å². The molecule has 0 aliphatic rings. The van der Waals surface area contributed by atoms with E-state index in [9.17, 15) is 4.79 Å². The molecule has 0 unspecified atom stereocenters. The van der Waals surface area contributed by atoms with Gasteiger partial charge in [0.1, 0.15) is 0 Å². The van der Waals surface area contributed by atoms with E-state index in [0.717, 1.165) is 16.2 Å². The van der Waals surface area contributed by atoms with Gasteiger partial charge in [0.2, 0.25) is 0 Å². The fourth-order valence-corrected chi connectivity index (χ4v) is 2.92. The minimum absolute atomic E-state index is 0.143. The van der Waals surface area contributed by atoms with Crippen molar-refractivity contribution in [2.75, 3.05) is 0 Å². The topological polar surface area (TPSA) is 29.1 Å². The Bertz CT molecular complexity index is 768. The van der Waals surface area contributed by atoms with Gasteiger partial charge in [-0.15, -0.1) is 0 Å². The highest BCUT2D eigenvalue weighted by molar-refractivity contribution is 8.02. The van der Waals surface area contributed by atoms with E-state index in [1.165, 1.54) is 5.56 Å². The number of rotatable bonds is 5. The Morgan fingerprint density at radius 1 is 1.04 bits per heavy atom. The zero-order chi connectivity index (χ0) is 18.4. The summed E-state index contributed by atoms with van der Waals surface area (Å²) in [5.41, 5.74) is 3.68. The van der Waals surface area contributed by atoms with Gasteiger partial charge in [-0.05, 0) is 35.6 Å². The summed E-state index contributed by atoms with van der Waals surface area (Å²) < 4.78 is 0. The molecule has 3 heteroatoms. The molecule has 0 saturated heterocycles. The lowest BCUT2D eigenvalue weighted by Gasteiger charge is -2.19. The van der Waals surface area contributed by atoms with E-state index < -0.39 is 0 Å². The standard InChI is InChI=1S/C22H25NOS/c1-16(2)21(24)23-20(17-9-7-6-8-10-17)15-25-19-13-11-18(12-14-19)22(3,4)5/h6-15H,1H2,2-5H3,(H,23,24)/b20-15-. The molecule has 0 atom stereocenters. The second kappa shape index (κ2) is 8.21. The first-order valence-corrected chi connectivity index (χ1v) is 9.15. The van der Waals surface area contributed by atoms with Crippen LogP contribution in [-0.4, -0.2) is 5.91 Å². The van der Waals surface area contributed by atoms with Crippen LogP contribution in [0.15, 0.2) is 77.1 Å². The van der Waals surface area contributed by atoms with Crippen LogP contribution in [0.5, 0.6) is 0 Å². The van der Waals surface area contributed by atoms with Crippen LogP contribution in [0.3, 0.4) is 0 Å². The highest BCUT2D eigenvalue weighted by atomic mass is 32.2. The third-order valence-corrected chi connectivity index (χ3v) is 4.65. The van der Waals surface area contributed by atoms with Gasteiger partial charge >= 0.3 is 0 Å². The molecule has 0 radical (unpaired) electrons. The Balaban J connectivity index is 2.22. The van der Waals surface area contributed by atoms with Gasteiger partial charge < -0.3 is 5.32 Å². The molecule has 0 aromatic heterocycles. The maximum Gasteiger partial charge on any atom is 0.250 e. The fraction of sp³-hybridized carbons (Fsp3) is 0.227. The van der Waals surface area contributed by atoms with Crippen molar-refractivity contribution in [3.63, 3.8) is 0 Å². The van der Waals surface area contributed by atoms with Crippen LogP contribution in [0.4, 0.5) is 0 Å². The largest absolute Gasteiger partial charge is 0.321 e. The van der Waals surface area contributed by atoms with E-state index in [-0.39, 0.29) is 11.3 Å². The summed E-state index contributed by atoms with van der Waals surface area (Å²) in [5.74, 6) is -0.168. The van der Waals surface area contributed by atoms with E-state index in [0.29, 0.717) is 5.57 Å². The lowest BCUT2D eigenvalue weighted by atomic mass is 9.87. The lowest BCUT2D eigenvalue weighted by Crippen LogP contribution is -2.22. The fourth-order valence-electron chi connectivity index (χ4n) is 2.18. The number of hydrogen-bond donors (Lipinski definition) is 1. The molecule has 0 saturated carbocycles. The molecule has 2 nitrogen and oxygen atoms in total. The smallest absolute Gasteiger partial charge is 0.250 e. The zero-order valence-electron chi connectivity index (χ0n) is 15.3. The van der Waals surface area contributed by atoms with Crippen LogP contribution < -0.4 is 5.32 Å². The van der Waals surface area contributed by atoms with Crippen LogP contribution in [0.2, 0.25) is 0 Å². The van der Waals surface area contributed by atoms with Gasteiger partial charge in [0.15, 0.2) is 0 Å². The molecular formula is C22H25NOS. The molecule has 0 aliphatic heterocycles. The number of carbonyl (C=O) groups is 1. The molecule has 130 valence electrons. The minimum Gasteiger partial charge on any atom is -0.321 e. The summed E-state index contributed by atoms with van der Waals surface area (Å²) >= 11 is 1.59. The predicted molar refractivity (Wildman–Crippen MR) is 108 cm³/mol. The van der Waals surface area contributed by atoms with Crippen molar-refractivity contribution >= 4 is 23.4 Å². The third kappa shape index (κ3) is 5.64. The summed E-state index contributed by atoms with van der Waals surface area (Å²) in [6.45, 7) is 12.0. The summed E-state index contributed by atoms with van der Waals surface area (Å²) in [6.07, 6.45) is 0. The number of thioether (sulfide) groups is 1. The predicted octanol–water partition coefficient (Wildman–Crippen LogP) is 5.77. The van der Waals surface area contributed by atoms with Gasteiger partial charge in [0.05, 0.1) is 5.70 Å². The van der Waals surface area contributed by atoms with E-state index in [1.54, 1.807) is 18.7 Å². The van der Waals surface area contributed by atoms with Gasteiger partial charge in [-0.25, -0.2) is 0 Å². The molecule has 0 spiro atoms. The van der Waals surface area contributed by atoms with E-state index in [1.807, 2.05) is 35.7 Å². The van der Waals surface area contributed by atoms with Crippen molar-refractivity contribution in [1.29, 1.82) is 0 Å². The number of carbonyl (C=O) groups excluding carboxylic acids is 1. The number of nitrogens with one attached hydrogen (secondary N) is 1. The zero-order valence-corrected chi connectivity index (χ0v) is 16.1. The Hall–Kier alpha value is -2.26. The number of amides is 1. The van der Waals surface area contributed by atoms with Crippen molar-refractivity contribution in [2.24, 2.45) is 0 Å². The molecular weight excluding hydrogens is 326 g/mol. The maximum absolute atomic E-state index is 12.0. The minimum atomic E-state index is -0.168. The SMILES string of the molecule is C=C(C)C(=O)N/C(=C\Sc1ccc(C(C)(C)C)cc1)c1ccccc1. The molecule has 0 aliphatic carbocycles. The maximum atomic E-state index is 12.0. The van der Waals surface area contributed by atoms with Crippen molar-refractivity contribution in [3.8, 4) is 0 Å². The lowest BCUT2D eigenvalue weighted by molar-refractivity contribution is -0.116. The molecule has 25 heavy (non-hydrogen) atoms. The monoisotopic (exact) mass is 351 g/mol. The van der Waals surface area contributed by atoms with Gasteiger partial charge in [-0.3, -0.25) is 4.79 Å². The highest BCUT2D eigenvalue weighted by Crippen LogP contribution is 2.28. The first-order chi connectivity index (χ1) is 11.8. The first-order valence-electron chi connectivity index (χ1n) is 8.27. The average molecular weight is 352 g/mol. The molecule has 0 heterocycles. The summed E-state index contributed by atoms with van der Waals surface area (Å²) in [7, 11) is 0. The Morgan fingerprint density at radius 2 is 1.64 bits per heavy atom. The molecule has 2 rings (SSSR count). The van der Waals surface area contributed by atoms with Gasteiger partial charge in [-0.2, -0.15) is 0 Å². The molecule has 0 fully saturated rings. The van der Waals surface area contributed by atoms with Gasteiger partial charge in [-0.1, -0.05) is 81.6 Å². The first kappa shape index (κ1) is 19.1. The number of benzene rings is 2. The summed E-state index contributed by atoms with van der Waals surface area (Å²) in [4.78, 5) is 13.2. The van der Waals surface area contributed by atoms with Crippen LogP contribution in [0.25, 0.3) is 5.70 Å². The van der Waals surface area contributed by atoms with Crippen LogP contribution in [0.1, 0.15) is 38.8 Å². The van der Waals surface area contributed by atoms with Crippen molar-refractivity contribution in [2.45, 2.75) is 38.0 Å². The second-order valence-electron chi connectivity index (χ2n) is 7.02. The third-order valence-electron chi connectivity index (χ3n) is 3.75. The van der Waals surface area contributed by atoms with E-state index in [2.05, 4.69) is 56.9 Å². The van der Waals surface area contributed by atoms with Crippen molar-refractivity contribution in [3.05, 3.63) is 83.3 Å². The second-order valence-corrected chi connectivity index (χ2v) is 7.97. The average Bonchev–Trinajstić information content (AvgIpc) is 2.58. The molecule has 1 amide bonds. The Kier molecular flexibility index (Phi) is 6.27. The van der Waals surface area contributed by atoms with Crippen LogP contribution in [0, 0.1) is 0 Å². The van der Waals surface area contributed by atoms with Crippen LogP contribution in [-0.2, 0) is 10.2 Å². The molecule has 2 aromatic rings. The Labute approximate surface area is 155 Å². The molecule has 1 N–H and O–H groups in total. The van der Waals surface area contributed by atoms with Crippen molar-refractivity contribution < 1.29 is 4.79 Å². The van der Waals surface area contributed by atoms with Crippen LogP contribution >= 0.6 is 11.8 Å². The summed E-state index contributed by atoms with van der Waals surface area (Å²) in [5, 5.41) is 4.91. The highest BCUT2D eigenvalue weighted by Gasteiger charge is 2.13. The Morgan fingerprint density at radius 3 is 2.16 bits per heavy atom. The molecule has 2 aromatic carbocycles. The van der Waals surface area contributed by atoms with Crippen molar-refractivity contribution in [1.82, 2.24) is 5.32 Å². The van der Waals surface area contributed by atoms with E-state index in [4.69, 9.17) is 0 Å². The molecule has 0 bridgehead atoms.